The molecule has 2 fully saturated rings. The van der Waals surface area contributed by atoms with Crippen molar-refractivity contribution in [3.05, 3.63) is 24.2 Å². The Kier molecular flexibility index (Phi) is 2.35. The van der Waals surface area contributed by atoms with Crippen LogP contribution in [-0.2, 0) is 0 Å². The van der Waals surface area contributed by atoms with Gasteiger partial charge in [0.1, 0.15) is 6.26 Å². The number of rotatable bonds is 2. The van der Waals surface area contributed by atoms with Crippen molar-refractivity contribution in [1.29, 1.82) is 0 Å². The van der Waals surface area contributed by atoms with Gasteiger partial charge in [-0.25, -0.2) is 0 Å². The van der Waals surface area contributed by atoms with E-state index in [0.717, 1.165) is 28.9 Å². The molecular weight excluding hydrogens is 208 g/mol. The zero-order valence-corrected chi connectivity index (χ0v) is 9.33. The van der Waals surface area contributed by atoms with E-state index in [1.54, 1.807) is 18.6 Å². The zero-order valence-electron chi connectivity index (χ0n) is 8.52. The molecule has 15 heavy (non-hydrogen) atoms. The molecule has 2 bridgehead atoms. The van der Waals surface area contributed by atoms with E-state index >= 15 is 0 Å². The summed E-state index contributed by atoms with van der Waals surface area (Å²) in [6, 6.07) is 1.78. The third-order valence-corrected chi connectivity index (χ3v) is 5.09. The molecule has 1 aromatic heterocycles. The Hall–Kier alpha value is -0.700. The van der Waals surface area contributed by atoms with Crippen LogP contribution in [-0.4, -0.2) is 16.3 Å². The Morgan fingerprint density at radius 3 is 2.67 bits per heavy atom. The molecule has 0 spiro atoms. The minimum absolute atomic E-state index is 0.251. The monoisotopic (exact) mass is 222 g/mol. The highest BCUT2D eigenvalue weighted by molar-refractivity contribution is 8.00. The molecule has 2 nitrogen and oxygen atoms in total. The van der Waals surface area contributed by atoms with Crippen LogP contribution in [0.15, 0.2) is 23.0 Å². The first-order valence-corrected chi connectivity index (χ1v) is 6.49. The molecule has 80 valence electrons. The predicted molar refractivity (Wildman–Crippen MR) is 60.2 cm³/mol. The number of Topliss-reactive ketones (excluding diaryl/α,β-unsaturated/α-hetero) is 1. The summed E-state index contributed by atoms with van der Waals surface area (Å²) in [6.45, 7) is 0. The number of hydrogen-bond acceptors (Lipinski definition) is 3. The molecule has 3 heteroatoms. The number of hydrogen-bond donors (Lipinski definition) is 0. The van der Waals surface area contributed by atoms with Gasteiger partial charge in [-0.15, -0.1) is 0 Å². The van der Waals surface area contributed by atoms with Crippen LogP contribution in [0.25, 0.3) is 0 Å². The molecule has 1 aromatic rings. The van der Waals surface area contributed by atoms with Gasteiger partial charge < -0.3 is 4.42 Å². The average Bonchev–Trinajstić information content (AvgIpc) is 2.87. The Labute approximate surface area is 93.4 Å². The molecule has 0 aromatic carbocycles. The SMILES string of the molecule is O=C(c1ccoc1)C1CC2CCC(C1)S2. The van der Waals surface area contributed by atoms with E-state index in [0.29, 0.717) is 5.78 Å². The lowest BCUT2D eigenvalue weighted by Crippen LogP contribution is -2.24. The lowest BCUT2D eigenvalue weighted by Gasteiger charge is -2.25. The number of thioether (sulfide) groups is 1. The molecule has 0 amide bonds. The summed E-state index contributed by atoms with van der Waals surface area (Å²) in [5, 5.41) is 1.48. The molecule has 0 radical (unpaired) electrons. The van der Waals surface area contributed by atoms with Gasteiger partial charge >= 0.3 is 0 Å². The maximum atomic E-state index is 12.1. The third kappa shape index (κ3) is 1.73. The van der Waals surface area contributed by atoms with E-state index in [4.69, 9.17) is 4.42 Å². The summed E-state index contributed by atoms with van der Waals surface area (Å²) in [4.78, 5) is 12.1. The van der Waals surface area contributed by atoms with Crippen molar-refractivity contribution in [3.63, 3.8) is 0 Å². The van der Waals surface area contributed by atoms with Crippen molar-refractivity contribution in [2.45, 2.75) is 36.2 Å². The summed E-state index contributed by atoms with van der Waals surface area (Å²) in [5.41, 5.74) is 0.756. The van der Waals surface area contributed by atoms with E-state index < -0.39 is 0 Å². The molecule has 3 heterocycles. The number of carbonyl (C=O) groups excluding carboxylic acids is 1. The van der Waals surface area contributed by atoms with Gasteiger partial charge in [0, 0.05) is 16.4 Å². The summed E-state index contributed by atoms with van der Waals surface area (Å²) < 4.78 is 4.97. The Morgan fingerprint density at radius 1 is 1.33 bits per heavy atom. The minimum Gasteiger partial charge on any atom is -0.472 e. The van der Waals surface area contributed by atoms with Gasteiger partial charge in [-0.1, -0.05) is 0 Å². The van der Waals surface area contributed by atoms with Gasteiger partial charge in [0.2, 0.25) is 0 Å². The average molecular weight is 222 g/mol. The third-order valence-electron chi connectivity index (χ3n) is 3.47. The largest absolute Gasteiger partial charge is 0.472 e. The lowest BCUT2D eigenvalue weighted by molar-refractivity contribution is 0.0906. The first-order chi connectivity index (χ1) is 7.33. The first-order valence-electron chi connectivity index (χ1n) is 5.55. The number of furan rings is 1. The van der Waals surface area contributed by atoms with Gasteiger partial charge in [-0.3, -0.25) is 4.79 Å². The molecular formula is C12H14O2S. The van der Waals surface area contributed by atoms with E-state index in [1.807, 2.05) is 0 Å². The van der Waals surface area contributed by atoms with E-state index in [9.17, 15) is 4.79 Å². The van der Waals surface area contributed by atoms with Gasteiger partial charge in [0.05, 0.1) is 11.8 Å². The van der Waals surface area contributed by atoms with E-state index in [-0.39, 0.29) is 5.92 Å². The maximum absolute atomic E-state index is 12.1. The molecule has 0 saturated carbocycles. The Bertz CT molecular complexity index is 346. The van der Waals surface area contributed by atoms with Gasteiger partial charge in [0.15, 0.2) is 5.78 Å². The van der Waals surface area contributed by atoms with Gasteiger partial charge in [-0.05, 0) is 31.7 Å². The fraction of sp³-hybridized carbons (Fsp3) is 0.583. The molecule has 2 aliphatic rings. The van der Waals surface area contributed by atoms with Crippen LogP contribution in [0.4, 0.5) is 0 Å². The zero-order chi connectivity index (χ0) is 10.3. The van der Waals surface area contributed by atoms with Crippen LogP contribution in [0.1, 0.15) is 36.0 Å². The summed E-state index contributed by atoms with van der Waals surface area (Å²) in [7, 11) is 0. The molecule has 2 saturated heterocycles. The smallest absolute Gasteiger partial charge is 0.169 e. The second-order valence-corrected chi connectivity index (χ2v) is 6.11. The van der Waals surface area contributed by atoms with Gasteiger partial charge in [0.25, 0.3) is 0 Å². The normalized spacial score (nSPS) is 34.3. The van der Waals surface area contributed by atoms with Crippen LogP contribution in [0.2, 0.25) is 0 Å². The number of ketones is 1. The number of carbonyl (C=O) groups is 1. The summed E-state index contributed by atoms with van der Waals surface area (Å²) in [6.07, 6.45) is 7.93. The second kappa shape index (κ2) is 3.71. The standard InChI is InChI=1S/C12H14O2S/c13-12(8-3-4-14-7-8)9-5-10-1-2-11(6-9)15-10/h3-4,7,9-11H,1-2,5-6H2. The van der Waals surface area contributed by atoms with Crippen molar-refractivity contribution in [1.82, 2.24) is 0 Å². The molecule has 0 aliphatic carbocycles. The maximum Gasteiger partial charge on any atom is 0.169 e. The quantitative estimate of drug-likeness (QED) is 0.720. The van der Waals surface area contributed by atoms with Crippen LogP contribution >= 0.6 is 11.8 Å². The predicted octanol–water partition coefficient (Wildman–Crippen LogP) is 3.14. The topological polar surface area (TPSA) is 30.2 Å². The van der Waals surface area contributed by atoms with E-state index in [2.05, 4.69) is 11.8 Å². The highest BCUT2D eigenvalue weighted by Crippen LogP contribution is 2.46. The minimum atomic E-state index is 0.251. The van der Waals surface area contributed by atoms with Crippen LogP contribution < -0.4 is 0 Å². The highest BCUT2D eigenvalue weighted by atomic mass is 32.2. The van der Waals surface area contributed by atoms with Crippen LogP contribution in [0, 0.1) is 5.92 Å². The lowest BCUT2D eigenvalue weighted by atomic mass is 9.91. The first kappa shape index (κ1) is 9.52. The molecule has 2 unspecified atom stereocenters. The van der Waals surface area contributed by atoms with Crippen molar-refractivity contribution >= 4 is 17.5 Å². The molecule has 0 N–H and O–H groups in total. The van der Waals surface area contributed by atoms with Crippen molar-refractivity contribution in [2.75, 3.05) is 0 Å². The summed E-state index contributed by atoms with van der Waals surface area (Å²) in [5.74, 6) is 0.544. The van der Waals surface area contributed by atoms with Gasteiger partial charge in [-0.2, -0.15) is 11.8 Å². The second-order valence-electron chi connectivity index (χ2n) is 4.50. The molecule has 2 aliphatic heterocycles. The van der Waals surface area contributed by atoms with E-state index in [1.165, 1.54) is 12.8 Å². The molecule has 3 rings (SSSR count). The highest BCUT2D eigenvalue weighted by Gasteiger charge is 2.37. The summed E-state index contributed by atoms with van der Waals surface area (Å²) >= 11 is 2.10. The van der Waals surface area contributed by atoms with Crippen molar-refractivity contribution in [2.24, 2.45) is 5.92 Å². The Morgan fingerprint density at radius 2 is 2.07 bits per heavy atom. The number of fused-ring (bicyclic) bond motifs is 2. The Balaban J connectivity index is 1.75. The fourth-order valence-corrected chi connectivity index (χ4v) is 4.49. The van der Waals surface area contributed by atoms with Crippen LogP contribution in [0.5, 0.6) is 0 Å². The van der Waals surface area contributed by atoms with Crippen molar-refractivity contribution in [3.8, 4) is 0 Å². The fourth-order valence-electron chi connectivity index (χ4n) is 2.71. The van der Waals surface area contributed by atoms with Crippen LogP contribution in [0.3, 0.4) is 0 Å². The molecule has 2 atom stereocenters. The van der Waals surface area contributed by atoms with Crippen molar-refractivity contribution < 1.29 is 9.21 Å².